The summed E-state index contributed by atoms with van der Waals surface area (Å²) in [6.45, 7) is 3.50. The minimum Gasteiger partial charge on any atom is -0.381 e. The van der Waals surface area contributed by atoms with Crippen LogP contribution in [0.2, 0.25) is 0 Å². The van der Waals surface area contributed by atoms with Crippen molar-refractivity contribution in [1.29, 1.82) is 0 Å². The average Bonchev–Trinajstić information content (AvgIpc) is 3.08. The van der Waals surface area contributed by atoms with E-state index in [-0.39, 0.29) is 1.43 Å². The van der Waals surface area contributed by atoms with Crippen LogP contribution >= 0.6 is 0 Å². The van der Waals surface area contributed by atoms with E-state index >= 15 is 0 Å². The molecule has 1 aliphatic rings. The van der Waals surface area contributed by atoms with Gasteiger partial charge in [0.1, 0.15) is 17.3 Å². The van der Waals surface area contributed by atoms with Gasteiger partial charge >= 0.3 is 0 Å². The van der Waals surface area contributed by atoms with Crippen molar-refractivity contribution in [2.45, 2.75) is 25.8 Å². The molecule has 26 heavy (non-hydrogen) atoms. The number of pyridine rings is 1. The molecule has 0 spiro atoms. The van der Waals surface area contributed by atoms with Crippen LogP contribution in [-0.2, 0) is 4.74 Å². The van der Waals surface area contributed by atoms with Gasteiger partial charge in [-0.25, -0.2) is 9.97 Å². The van der Waals surface area contributed by atoms with Crippen molar-refractivity contribution in [3.8, 4) is 11.5 Å². The molecule has 3 aromatic heterocycles. The largest absolute Gasteiger partial charge is 0.381 e. The summed E-state index contributed by atoms with van der Waals surface area (Å²) in [5.41, 5.74) is 1.71. The molecule has 1 fully saturated rings. The minimum atomic E-state index is 0. The van der Waals surface area contributed by atoms with E-state index in [9.17, 15) is 0 Å². The molecule has 136 valence electrons. The summed E-state index contributed by atoms with van der Waals surface area (Å²) in [6, 6.07) is 9.86. The number of rotatable bonds is 5. The molecule has 1 aliphatic heterocycles. The van der Waals surface area contributed by atoms with Crippen molar-refractivity contribution in [2.75, 3.05) is 23.8 Å². The molecule has 0 amide bonds. The third kappa shape index (κ3) is 3.97. The van der Waals surface area contributed by atoms with E-state index in [4.69, 9.17) is 4.74 Å². The molecule has 0 bridgehead atoms. The molecule has 0 aromatic carbocycles. The molecule has 0 atom stereocenters. The lowest BCUT2D eigenvalue weighted by atomic mass is 10.1. The highest BCUT2D eigenvalue weighted by Gasteiger charge is 2.16. The molecule has 4 heterocycles. The van der Waals surface area contributed by atoms with Gasteiger partial charge in [-0.05, 0) is 31.9 Å². The van der Waals surface area contributed by atoms with Crippen molar-refractivity contribution >= 4 is 17.5 Å². The van der Waals surface area contributed by atoms with Gasteiger partial charge in [-0.3, -0.25) is 10.1 Å². The topological polar surface area (TPSA) is 101 Å². The molecular weight excluding hydrogens is 330 g/mol. The van der Waals surface area contributed by atoms with Crippen LogP contribution in [0.1, 0.15) is 20.0 Å². The highest BCUT2D eigenvalue weighted by molar-refractivity contribution is 5.62. The van der Waals surface area contributed by atoms with Crippen LogP contribution in [0.15, 0.2) is 36.5 Å². The summed E-state index contributed by atoms with van der Waals surface area (Å²) >= 11 is 0. The van der Waals surface area contributed by atoms with Crippen molar-refractivity contribution in [3.63, 3.8) is 0 Å². The summed E-state index contributed by atoms with van der Waals surface area (Å²) in [5.74, 6) is 2.71. The third-order valence-corrected chi connectivity index (χ3v) is 4.16. The Kier molecular flexibility index (Phi) is 4.74. The van der Waals surface area contributed by atoms with E-state index in [0.717, 1.165) is 43.3 Å². The van der Waals surface area contributed by atoms with Crippen molar-refractivity contribution in [2.24, 2.45) is 0 Å². The molecule has 0 unspecified atom stereocenters. The van der Waals surface area contributed by atoms with E-state index < -0.39 is 0 Å². The summed E-state index contributed by atoms with van der Waals surface area (Å²) < 4.78 is 5.43. The van der Waals surface area contributed by atoms with Gasteiger partial charge in [0.15, 0.2) is 11.6 Å². The summed E-state index contributed by atoms with van der Waals surface area (Å²) in [6.07, 6.45) is 3.66. The number of hydrogen-bond donors (Lipinski definition) is 3. The van der Waals surface area contributed by atoms with Gasteiger partial charge in [0.2, 0.25) is 0 Å². The first-order chi connectivity index (χ1) is 12.8. The van der Waals surface area contributed by atoms with E-state index in [1.165, 1.54) is 0 Å². The maximum Gasteiger partial charge on any atom is 0.182 e. The minimum absolute atomic E-state index is 0. The van der Waals surface area contributed by atoms with Crippen LogP contribution < -0.4 is 10.6 Å². The number of nitrogens with zero attached hydrogens (tertiary/aromatic N) is 4. The Labute approximate surface area is 152 Å². The summed E-state index contributed by atoms with van der Waals surface area (Å²) in [4.78, 5) is 13.6. The molecule has 8 heteroatoms. The summed E-state index contributed by atoms with van der Waals surface area (Å²) in [7, 11) is 0. The molecule has 0 saturated carbocycles. The van der Waals surface area contributed by atoms with Gasteiger partial charge < -0.3 is 15.4 Å². The third-order valence-electron chi connectivity index (χ3n) is 4.16. The van der Waals surface area contributed by atoms with E-state index in [1.807, 2.05) is 37.3 Å². The standard InChI is InChI=1S/C18H21N7O.H2/c1-12-10-17(25-24-12)21-16-11-15(20-13-5-8-26-9-6-13)22-18(23-16)14-4-2-3-7-19-14;/h2-4,7,10-11,13H,5-6,8-9H2,1H3,(H3,20,21,22,23,24,25);1H. The molecule has 1 saturated heterocycles. The number of nitrogens with one attached hydrogen (secondary N) is 3. The number of aromatic nitrogens is 5. The van der Waals surface area contributed by atoms with Crippen LogP contribution in [-0.4, -0.2) is 44.4 Å². The van der Waals surface area contributed by atoms with Gasteiger partial charge in [0.25, 0.3) is 0 Å². The Morgan fingerprint density at radius 3 is 2.69 bits per heavy atom. The predicted octanol–water partition coefficient (Wildman–Crippen LogP) is 3.15. The second-order valence-corrected chi connectivity index (χ2v) is 6.27. The van der Waals surface area contributed by atoms with Crippen LogP contribution in [0.4, 0.5) is 17.5 Å². The highest BCUT2D eigenvalue weighted by Crippen LogP contribution is 2.22. The lowest BCUT2D eigenvalue weighted by Crippen LogP contribution is -2.28. The molecule has 0 aliphatic carbocycles. The smallest absolute Gasteiger partial charge is 0.182 e. The fraction of sp³-hybridized carbons (Fsp3) is 0.333. The number of ether oxygens (including phenoxy) is 1. The first-order valence-electron chi connectivity index (χ1n) is 8.70. The summed E-state index contributed by atoms with van der Waals surface area (Å²) in [5, 5.41) is 13.8. The zero-order valence-corrected chi connectivity index (χ0v) is 14.6. The molecule has 3 aromatic rings. The van der Waals surface area contributed by atoms with Crippen molar-refractivity contribution in [3.05, 3.63) is 42.2 Å². The quantitative estimate of drug-likeness (QED) is 0.648. The first-order valence-corrected chi connectivity index (χ1v) is 8.70. The highest BCUT2D eigenvalue weighted by atomic mass is 16.5. The van der Waals surface area contributed by atoms with Crippen LogP contribution in [0.25, 0.3) is 11.5 Å². The second kappa shape index (κ2) is 7.49. The monoisotopic (exact) mass is 353 g/mol. The molecule has 8 nitrogen and oxygen atoms in total. The lowest BCUT2D eigenvalue weighted by molar-refractivity contribution is 0.0904. The van der Waals surface area contributed by atoms with Crippen molar-refractivity contribution in [1.82, 2.24) is 25.1 Å². The van der Waals surface area contributed by atoms with E-state index in [1.54, 1.807) is 6.20 Å². The maximum atomic E-state index is 5.43. The Hall–Kier alpha value is -3.00. The van der Waals surface area contributed by atoms with Crippen molar-refractivity contribution < 1.29 is 6.16 Å². The SMILES string of the molecule is Cc1cc(Nc2cc(NC3CCOCC3)nc(-c3ccccn3)n2)n[nH]1.[HH]. The number of anilines is 3. The molecular formula is C18H23N7O. The van der Waals surface area contributed by atoms with Gasteiger partial charge in [0.05, 0.1) is 0 Å². The van der Waals surface area contributed by atoms with Crippen LogP contribution in [0, 0.1) is 6.92 Å². The Bertz CT molecular complexity index is 865. The predicted molar refractivity (Wildman–Crippen MR) is 101 cm³/mol. The first kappa shape index (κ1) is 16.5. The van der Waals surface area contributed by atoms with Crippen LogP contribution in [0.5, 0.6) is 0 Å². The van der Waals surface area contributed by atoms with Gasteiger partial charge in [-0.2, -0.15) is 5.10 Å². The van der Waals surface area contributed by atoms with E-state index in [0.29, 0.717) is 23.5 Å². The van der Waals surface area contributed by atoms with Crippen LogP contribution in [0.3, 0.4) is 0 Å². The molecule has 0 radical (unpaired) electrons. The maximum absolute atomic E-state index is 5.43. The number of aryl methyl sites for hydroxylation is 1. The van der Waals surface area contributed by atoms with Gasteiger partial charge in [-0.15, -0.1) is 0 Å². The fourth-order valence-electron chi connectivity index (χ4n) is 2.86. The fourth-order valence-corrected chi connectivity index (χ4v) is 2.86. The molecule has 3 N–H and O–H groups in total. The average molecular weight is 353 g/mol. The zero-order valence-electron chi connectivity index (χ0n) is 14.6. The number of aromatic amines is 1. The Morgan fingerprint density at radius 2 is 1.96 bits per heavy atom. The number of H-pyrrole nitrogens is 1. The van der Waals surface area contributed by atoms with Gasteiger partial charge in [-0.1, -0.05) is 6.07 Å². The number of hydrogen-bond acceptors (Lipinski definition) is 7. The van der Waals surface area contributed by atoms with Gasteiger partial charge in [0, 0.05) is 44.7 Å². The Morgan fingerprint density at radius 1 is 1.12 bits per heavy atom. The zero-order chi connectivity index (χ0) is 17.8. The normalized spacial score (nSPS) is 15.0. The molecule has 4 rings (SSSR count). The van der Waals surface area contributed by atoms with E-state index in [2.05, 4.69) is 35.8 Å². The lowest BCUT2D eigenvalue weighted by Gasteiger charge is -2.24. The second-order valence-electron chi connectivity index (χ2n) is 6.27. The Balaban J connectivity index is 0.00000210.